The van der Waals surface area contributed by atoms with E-state index in [0.717, 1.165) is 23.8 Å². The van der Waals surface area contributed by atoms with E-state index >= 15 is 0 Å². The number of furan rings is 1. The van der Waals surface area contributed by atoms with Crippen LogP contribution in [-0.2, 0) is 0 Å². The molecular formula is C25H22FN5O3. The summed E-state index contributed by atoms with van der Waals surface area (Å²) in [6.07, 6.45) is 5.35. The zero-order valence-electron chi connectivity index (χ0n) is 18.4. The molecule has 0 aliphatic heterocycles. The Labute approximate surface area is 194 Å². The maximum atomic E-state index is 13.5. The van der Waals surface area contributed by atoms with E-state index in [9.17, 15) is 4.39 Å². The molecule has 1 aliphatic carbocycles. The lowest BCUT2D eigenvalue weighted by Crippen LogP contribution is -2.27. The van der Waals surface area contributed by atoms with Gasteiger partial charge in [0.15, 0.2) is 11.4 Å². The van der Waals surface area contributed by atoms with Crippen molar-refractivity contribution in [2.24, 2.45) is 0 Å². The summed E-state index contributed by atoms with van der Waals surface area (Å²) in [7, 11) is 1.57. The first-order valence-electron chi connectivity index (χ1n) is 11.1. The van der Waals surface area contributed by atoms with Crippen LogP contribution in [0.3, 0.4) is 0 Å². The molecule has 172 valence electrons. The van der Waals surface area contributed by atoms with Gasteiger partial charge in [-0.2, -0.15) is 0 Å². The molecule has 0 saturated heterocycles. The predicted molar refractivity (Wildman–Crippen MR) is 123 cm³/mol. The molecule has 8 nitrogen and oxygen atoms in total. The molecule has 9 heteroatoms. The molecule has 6 rings (SSSR count). The number of hydrogen-bond acceptors (Lipinski definition) is 7. The van der Waals surface area contributed by atoms with E-state index in [0.29, 0.717) is 47.0 Å². The summed E-state index contributed by atoms with van der Waals surface area (Å²) in [4.78, 5) is 8.68. The molecule has 0 amide bonds. The maximum absolute atomic E-state index is 13.5. The normalized spacial score (nSPS) is 14.5. The molecule has 1 N–H and O–H groups in total. The van der Waals surface area contributed by atoms with Crippen molar-refractivity contribution in [2.75, 3.05) is 13.7 Å². The quantitative estimate of drug-likeness (QED) is 0.364. The third-order valence-electron chi connectivity index (χ3n) is 5.87. The summed E-state index contributed by atoms with van der Waals surface area (Å²) in [6.45, 7) is 0.600. The van der Waals surface area contributed by atoms with Gasteiger partial charge in [-0.15, -0.1) is 5.10 Å². The first-order chi connectivity index (χ1) is 16.7. The number of pyridine rings is 1. The smallest absolute Gasteiger partial charge is 0.232 e. The highest BCUT2D eigenvalue weighted by Crippen LogP contribution is 2.32. The molecule has 34 heavy (non-hydrogen) atoms. The fourth-order valence-corrected chi connectivity index (χ4v) is 3.93. The minimum Gasteiger partial charge on any atom is -0.480 e. The highest BCUT2D eigenvalue weighted by atomic mass is 19.1. The Morgan fingerprint density at radius 2 is 2.00 bits per heavy atom. The molecule has 5 aromatic rings. The second-order valence-electron chi connectivity index (χ2n) is 8.27. The summed E-state index contributed by atoms with van der Waals surface area (Å²) in [5.41, 5.74) is 2.86. The number of benzene rings is 1. The maximum Gasteiger partial charge on any atom is 0.232 e. The van der Waals surface area contributed by atoms with Gasteiger partial charge in [0.1, 0.15) is 23.2 Å². The van der Waals surface area contributed by atoms with Crippen molar-refractivity contribution in [1.29, 1.82) is 0 Å². The minimum absolute atomic E-state index is 0.280. The summed E-state index contributed by atoms with van der Waals surface area (Å²) >= 11 is 0. The molecule has 0 radical (unpaired) electrons. The van der Waals surface area contributed by atoms with E-state index in [1.54, 1.807) is 48.3 Å². The number of ether oxygens (including phenoxy) is 2. The summed E-state index contributed by atoms with van der Waals surface area (Å²) < 4.78 is 32.8. The number of rotatable bonds is 8. The van der Waals surface area contributed by atoms with Crippen LogP contribution in [0.15, 0.2) is 65.3 Å². The summed E-state index contributed by atoms with van der Waals surface area (Å²) in [5.74, 6) is 1.22. The van der Waals surface area contributed by atoms with E-state index in [4.69, 9.17) is 13.9 Å². The Bertz CT molecular complexity index is 1460. The van der Waals surface area contributed by atoms with Crippen LogP contribution in [0.25, 0.3) is 28.1 Å². The number of methoxy groups -OCH3 is 1. The molecule has 1 saturated carbocycles. The van der Waals surface area contributed by atoms with Crippen LogP contribution in [0, 0.1) is 5.82 Å². The largest absolute Gasteiger partial charge is 0.480 e. The number of fused-ring (bicyclic) bond motifs is 2. The van der Waals surface area contributed by atoms with Crippen LogP contribution in [0.2, 0.25) is 0 Å². The van der Waals surface area contributed by atoms with E-state index in [1.807, 2.05) is 12.1 Å². The van der Waals surface area contributed by atoms with Crippen molar-refractivity contribution in [3.63, 3.8) is 0 Å². The van der Waals surface area contributed by atoms with E-state index in [2.05, 4.69) is 20.4 Å². The molecule has 1 fully saturated rings. The lowest BCUT2D eigenvalue weighted by atomic mass is 10.1. The number of hydrogen-bond donors (Lipinski definition) is 1. The number of halogens is 1. The Kier molecular flexibility index (Phi) is 5.10. The van der Waals surface area contributed by atoms with Gasteiger partial charge < -0.3 is 19.2 Å². The number of nitrogens with zero attached hydrogens (tertiary/aromatic N) is 4. The zero-order valence-corrected chi connectivity index (χ0v) is 18.4. The van der Waals surface area contributed by atoms with Crippen molar-refractivity contribution in [3.8, 4) is 23.2 Å². The molecule has 1 atom stereocenters. The average molecular weight is 459 g/mol. The molecule has 4 aromatic heterocycles. The van der Waals surface area contributed by atoms with Crippen LogP contribution >= 0.6 is 0 Å². The standard InChI is InChI=1S/C25H22FN5O3/c1-32-25-18-12-21(33-20(18)10-11-27-25)19-13-29-23-8-9-24(30-31(19)23)34-22(14-28-17-6-7-17)15-2-4-16(26)5-3-15/h2-5,8-13,17,22,28H,6-7,14H2,1H3. The Morgan fingerprint density at radius 1 is 1.15 bits per heavy atom. The van der Waals surface area contributed by atoms with Crippen LogP contribution < -0.4 is 14.8 Å². The molecule has 1 aliphatic rings. The molecule has 1 unspecified atom stereocenters. The van der Waals surface area contributed by atoms with Gasteiger partial charge in [0.2, 0.25) is 11.8 Å². The Balaban J connectivity index is 1.34. The highest BCUT2D eigenvalue weighted by Gasteiger charge is 2.24. The van der Waals surface area contributed by atoms with Gasteiger partial charge in [-0.3, -0.25) is 0 Å². The SMILES string of the molecule is COc1nccc2oc(-c3cnc4ccc(OC(CNC5CC5)c5ccc(F)cc5)nn34)cc12. The van der Waals surface area contributed by atoms with Crippen molar-refractivity contribution in [1.82, 2.24) is 24.9 Å². The van der Waals surface area contributed by atoms with Crippen LogP contribution in [0.4, 0.5) is 4.39 Å². The second kappa shape index (κ2) is 8.42. The third kappa shape index (κ3) is 3.94. The first-order valence-corrected chi connectivity index (χ1v) is 11.1. The van der Waals surface area contributed by atoms with Gasteiger partial charge >= 0.3 is 0 Å². The molecular weight excluding hydrogens is 437 g/mol. The lowest BCUT2D eigenvalue weighted by molar-refractivity contribution is 0.190. The van der Waals surface area contributed by atoms with Gasteiger partial charge in [-0.25, -0.2) is 18.9 Å². The third-order valence-corrected chi connectivity index (χ3v) is 5.87. The van der Waals surface area contributed by atoms with Crippen molar-refractivity contribution < 1.29 is 18.3 Å². The monoisotopic (exact) mass is 459 g/mol. The average Bonchev–Trinajstić information content (AvgIpc) is 3.43. The number of imidazole rings is 1. The topological polar surface area (TPSA) is 86.7 Å². The second-order valence-corrected chi connectivity index (χ2v) is 8.27. The van der Waals surface area contributed by atoms with Gasteiger partial charge in [-0.1, -0.05) is 12.1 Å². The van der Waals surface area contributed by atoms with Gasteiger partial charge in [-0.05, 0) is 42.7 Å². The van der Waals surface area contributed by atoms with Crippen molar-refractivity contribution in [2.45, 2.75) is 25.0 Å². The lowest BCUT2D eigenvalue weighted by Gasteiger charge is -2.19. The number of aromatic nitrogens is 4. The molecule has 4 heterocycles. The molecule has 1 aromatic carbocycles. The zero-order chi connectivity index (χ0) is 23.1. The van der Waals surface area contributed by atoms with Gasteiger partial charge in [0.25, 0.3) is 0 Å². The minimum atomic E-state index is -0.320. The number of nitrogens with one attached hydrogen (secondary N) is 1. The van der Waals surface area contributed by atoms with Crippen LogP contribution in [-0.4, -0.2) is 39.3 Å². The fraction of sp³-hybridized carbons (Fsp3) is 0.240. The fourth-order valence-electron chi connectivity index (χ4n) is 3.93. The van der Waals surface area contributed by atoms with Gasteiger partial charge in [0, 0.05) is 30.9 Å². The Morgan fingerprint density at radius 3 is 2.79 bits per heavy atom. The Hall–Kier alpha value is -3.98. The molecule has 0 bridgehead atoms. The van der Waals surface area contributed by atoms with Crippen LogP contribution in [0.1, 0.15) is 24.5 Å². The van der Waals surface area contributed by atoms with E-state index in [1.165, 1.54) is 12.1 Å². The highest BCUT2D eigenvalue weighted by molar-refractivity contribution is 5.86. The van der Waals surface area contributed by atoms with E-state index in [-0.39, 0.29) is 11.9 Å². The molecule has 0 spiro atoms. The van der Waals surface area contributed by atoms with Crippen molar-refractivity contribution in [3.05, 3.63) is 72.3 Å². The first kappa shape index (κ1) is 20.6. The van der Waals surface area contributed by atoms with Gasteiger partial charge in [0.05, 0.1) is 18.7 Å². The van der Waals surface area contributed by atoms with Crippen molar-refractivity contribution >= 4 is 16.6 Å². The predicted octanol–water partition coefficient (Wildman–Crippen LogP) is 4.56. The summed E-state index contributed by atoms with van der Waals surface area (Å²) in [6, 6.07) is 14.2. The van der Waals surface area contributed by atoms with E-state index < -0.39 is 0 Å². The van der Waals surface area contributed by atoms with Crippen LogP contribution in [0.5, 0.6) is 11.8 Å². The summed E-state index contributed by atoms with van der Waals surface area (Å²) in [5, 5.41) is 8.93.